The van der Waals surface area contributed by atoms with E-state index in [4.69, 9.17) is 8.83 Å². The van der Waals surface area contributed by atoms with E-state index in [0.717, 1.165) is 38.6 Å². The molecule has 6 nitrogen and oxygen atoms in total. The van der Waals surface area contributed by atoms with Crippen molar-refractivity contribution in [2.75, 3.05) is 0 Å². The quantitative estimate of drug-likeness (QED) is 0.518. The summed E-state index contributed by atoms with van der Waals surface area (Å²) in [5.74, 6) is -0.120. The number of nitrogens with zero attached hydrogens (tertiary/aromatic N) is 1. The minimum Gasteiger partial charge on any atom is -0.464 e. The second kappa shape index (κ2) is 7.54. The van der Waals surface area contributed by atoms with E-state index in [1.807, 2.05) is 39.0 Å². The smallest absolute Gasteiger partial charge is 0.339 e. The molecule has 4 aromatic rings. The molecule has 1 aromatic carbocycles. The highest BCUT2D eigenvalue weighted by atomic mass is 16.4. The third-order valence-electron chi connectivity index (χ3n) is 5.35. The van der Waals surface area contributed by atoms with Crippen molar-refractivity contribution in [3.63, 3.8) is 0 Å². The van der Waals surface area contributed by atoms with Gasteiger partial charge in [0.1, 0.15) is 11.2 Å². The minimum absolute atomic E-state index is 0.120. The molecule has 3 aromatic heterocycles. The zero-order valence-electron chi connectivity index (χ0n) is 16.7. The van der Waals surface area contributed by atoms with Crippen LogP contribution in [0.2, 0.25) is 0 Å². The van der Waals surface area contributed by atoms with Gasteiger partial charge in [0.05, 0.1) is 6.26 Å². The summed E-state index contributed by atoms with van der Waals surface area (Å²) in [6, 6.07) is 5.73. The summed E-state index contributed by atoms with van der Waals surface area (Å²) < 4.78 is 11.2. The molecule has 0 fully saturated rings. The van der Waals surface area contributed by atoms with Gasteiger partial charge in [0, 0.05) is 47.3 Å². The third kappa shape index (κ3) is 3.53. The van der Waals surface area contributed by atoms with Crippen molar-refractivity contribution in [1.29, 1.82) is 0 Å². The van der Waals surface area contributed by atoms with Crippen LogP contribution in [0.5, 0.6) is 0 Å². The molecule has 1 N–H and O–H groups in total. The number of fused-ring (bicyclic) bond motifs is 2. The monoisotopic (exact) mass is 390 g/mol. The summed E-state index contributed by atoms with van der Waals surface area (Å²) in [6.45, 7) is 6.19. The second-order valence-corrected chi connectivity index (χ2v) is 7.30. The number of hydrogen-bond donors (Lipinski definition) is 1. The number of pyridine rings is 1. The number of amides is 1. The van der Waals surface area contributed by atoms with Gasteiger partial charge in [-0.3, -0.25) is 9.78 Å². The van der Waals surface area contributed by atoms with Crippen molar-refractivity contribution < 1.29 is 13.6 Å². The van der Waals surface area contributed by atoms with E-state index in [1.165, 1.54) is 0 Å². The summed E-state index contributed by atoms with van der Waals surface area (Å²) in [4.78, 5) is 28.9. The standard InChI is InChI=1S/C23H22N2O4/c1-13-12-28-21-15(3)22-19(9-18(13)21)14(2)17(23(27)29-22)6-7-20(26)25-11-16-5-4-8-24-10-16/h4-5,8-10,12H,6-7,11H2,1-3H3,(H,25,26). The van der Waals surface area contributed by atoms with Crippen LogP contribution < -0.4 is 10.9 Å². The summed E-state index contributed by atoms with van der Waals surface area (Å²) >= 11 is 0. The number of nitrogens with one attached hydrogen (secondary N) is 1. The zero-order chi connectivity index (χ0) is 20.5. The Morgan fingerprint density at radius 1 is 1.14 bits per heavy atom. The van der Waals surface area contributed by atoms with Crippen molar-refractivity contribution in [2.45, 2.75) is 40.2 Å². The topological polar surface area (TPSA) is 85.3 Å². The molecule has 3 heterocycles. The van der Waals surface area contributed by atoms with Crippen LogP contribution in [0.4, 0.5) is 0 Å². The summed E-state index contributed by atoms with van der Waals surface area (Å²) in [5.41, 5.74) is 5.03. The predicted molar refractivity (Wildman–Crippen MR) is 111 cm³/mol. The van der Waals surface area contributed by atoms with E-state index in [2.05, 4.69) is 10.3 Å². The van der Waals surface area contributed by atoms with Gasteiger partial charge in [-0.15, -0.1) is 0 Å². The molecule has 0 aliphatic heterocycles. The summed E-state index contributed by atoms with van der Waals surface area (Å²) in [7, 11) is 0. The molecule has 0 spiro atoms. The molecule has 4 rings (SSSR count). The van der Waals surface area contributed by atoms with E-state index in [9.17, 15) is 9.59 Å². The molecule has 1 amide bonds. The van der Waals surface area contributed by atoms with Gasteiger partial charge >= 0.3 is 5.63 Å². The van der Waals surface area contributed by atoms with E-state index in [0.29, 0.717) is 24.1 Å². The van der Waals surface area contributed by atoms with Crippen LogP contribution >= 0.6 is 0 Å². The fourth-order valence-corrected chi connectivity index (χ4v) is 3.64. The van der Waals surface area contributed by atoms with Gasteiger partial charge in [-0.25, -0.2) is 4.79 Å². The number of aromatic nitrogens is 1. The highest BCUT2D eigenvalue weighted by Crippen LogP contribution is 2.32. The third-order valence-corrected chi connectivity index (χ3v) is 5.35. The zero-order valence-corrected chi connectivity index (χ0v) is 16.7. The van der Waals surface area contributed by atoms with E-state index >= 15 is 0 Å². The fourth-order valence-electron chi connectivity index (χ4n) is 3.64. The Morgan fingerprint density at radius 2 is 1.97 bits per heavy atom. The lowest BCUT2D eigenvalue weighted by Gasteiger charge is -2.10. The van der Waals surface area contributed by atoms with Crippen molar-refractivity contribution in [1.82, 2.24) is 10.3 Å². The van der Waals surface area contributed by atoms with Crippen molar-refractivity contribution in [3.8, 4) is 0 Å². The average Bonchev–Trinajstić information content (AvgIpc) is 3.09. The van der Waals surface area contributed by atoms with Crippen LogP contribution in [-0.2, 0) is 17.8 Å². The Balaban J connectivity index is 1.59. The van der Waals surface area contributed by atoms with Crippen LogP contribution in [0.1, 0.15) is 34.2 Å². The van der Waals surface area contributed by atoms with Crippen LogP contribution in [0.15, 0.2) is 50.5 Å². The molecule has 29 heavy (non-hydrogen) atoms. The van der Waals surface area contributed by atoms with Gasteiger partial charge in [0.15, 0.2) is 0 Å². The maximum atomic E-state index is 12.6. The van der Waals surface area contributed by atoms with Gasteiger partial charge in [0.25, 0.3) is 0 Å². The predicted octanol–water partition coefficient (Wildman–Crippen LogP) is 4.11. The molecule has 0 atom stereocenters. The molecule has 148 valence electrons. The van der Waals surface area contributed by atoms with E-state index in [1.54, 1.807) is 18.7 Å². The number of rotatable bonds is 5. The first-order chi connectivity index (χ1) is 14.0. The fraction of sp³-hybridized carbons (Fsp3) is 0.261. The molecular weight excluding hydrogens is 368 g/mol. The molecule has 0 unspecified atom stereocenters. The van der Waals surface area contributed by atoms with Crippen molar-refractivity contribution in [3.05, 3.63) is 75.1 Å². The lowest BCUT2D eigenvalue weighted by molar-refractivity contribution is -0.121. The van der Waals surface area contributed by atoms with Crippen molar-refractivity contribution >= 4 is 27.8 Å². The molecule has 0 bridgehead atoms. The maximum absolute atomic E-state index is 12.6. The Morgan fingerprint density at radius 3 is 2.72 bits per heavy atom. The lowest BCUT2D eigenvalue weighted by atomic mass is 9.98. The van der Waals surface area contributed by atoms with Crippen LogP contribution in [0, 0.1) is 20.8 Å². The number of carbonyl (C=O) groups is 1. The first kappa shape index (κ1) is 18.9. The number of furan rings is 1. The van der Waals surface area contributed by atoms with Crippen molar-refractivity contribution in [2.24, 2.45) is 0 Å². The van der Waals surface area contributed by atoms with Gasteiger partial charge < -0.3 is 14.2 Å². The van der Waals surface area contributed by atoms with Gasteiger partial charge in [0.2, 0.25) is 5.91 Å². The largest absolute Gasteiger partial charge is 0.464 e. The lowest BCUT2D eigenvalue weighted by Crippen LogP contribution is -2.24. The number of benzene rings is 1. The number of aryl methyl sites for hydroxylation is 3. The second-order valence-electron chi connectivity index (χ2n) is 7.30. The Hall–Kier alpha value is -3.41. The minimum atomic E-state index is -0.402. The maximum Gasteiger partial charge on any atom is 0.339 e. The first-order valence-electron chi connectivity index (χ1n) is 9.55. The summed E-state index contributed by atoms with van der Waals surface area (Å²) in [6.07, 6.45) is 5.64. The van der Waals surface area contributed by atoms with Crippen LogP contribution in [-0.4, -0.2) is 10.9 Å². The van der Waals surface area contributed by atoms with Gasteiger partial charge in [-0.05, 0) is 56.0 Å². The normalized spacial score (nSPS) is 11.3. The molecule has 0 aliphatic carbocycles. The van der Waals surface area contributed by atoms with E-state index < -0.39 is 5.63 Å². The molecule has 0 radical (unpaired) electrons. The average molecular weight is 390 g/mol. The van der Waals surface area contributed by atoms with Gasteiger partial charge in [-0.1, -0.05) is 6.07 Å². The highest BCUT2D eigenvalue weighted by molar-refractivity contribution is 5.99. The number of hydrogen-bond acceptors (Lipinski definition) is 5. The van der Waals surface area contributed by atoms with E-state index in [-0.39, 0.29) is 12.3 Å². The Kier molecular flexibility index (Phi) is 4.92. The molecule has 0 saturated carbocycles. The highest BCUT2D eigenvalue weighted by Gasteiger charge is 2.18. The molecule has 0 aliphatic rings. The summed E-state index contributed by atoms with van der Waals surface area (Å²) in [5, 5.41) is 4.74. The van der Waals surface area contributed by atoms with Crippen LogP contribution in [0.25, 0.3) is 21.9 Å². The number of carbonyl (C=O) groups excluding carboxylic acids is 1. The molecule has 0 saturated heterocycles. The Labute approximate surface area is 167 Å². The Bertz CT molecular complexity index is 1270. The van der Waals surface area contributed by atoms with Crippen LogP contribution in [0.3, 0.4) is 0 Å². The molecular formula is C23H22N2O4. The SMILES string of the molecule is Cc1coc2c(C)c3oc(=O)c(CCC(=O)NCc4cccnc4)c(C)c3cc12. The first-order valence-corrected chi connectivity index (χ1v) is 9.55. The van der Waals surface area contributed by atoms with Gasteiger partial charge in [-0.2, -0.15) is 0 Å². The molecule has 6 heteroatoms.